The fourth-order valence-electron chi connectivity index (χ4n) is 2.00. The highest BCUT2D eigenvalue weighted by Gasteiger charge is 2.31. The molecule has 0 aromatic heterocycles. The van der Waals surface area contributed by atoms with Gasteiger partial charge in [0.15, 0.2) is 0 Å². The van der Waals surface area contributed by atoms with Gasteiger partial charge < -0.3 is 4.74 Å². The van der Waals surface area contributed by atoms with E-state index in [-0.39, 0.29) is 12.4 Å². The first-order valence-electron chi connectivity index (χ1n) is 7.62. The van der Waals surface area contributed by atoms with E-state index < -0.39 is 11.1 Å². The molecule has 4 heteroatoms. The molecule has 0 radical (unpaired) electrons. The largest absolute Gasteiger partial charge is 0.465 e. The Morgan fingerprint density at radius 3 is 2.36 bits per heavy atom. The highest BCUT2D eigenvalue weighted by molar-refractivity contribution is 5.75. The summed E-state index contributed by atoms with van der Waals surface area (Å²) in [7, 11) is 0. The van der Waals surface area contributed by atoms with Crippen LogP contribution in [-0.2, 0) is 15.2 Å². The Balaban J connectivity index is 2.32. The number of halogens is 1. The van der Waals surface area contributed by atoms with Crippen molar-refractivity contribution in [3.05, 3.63) is 35.9 Å². The second kappa shape index (κ2) is 7.93. The van der Waals surface area contributed by atoms with Crippen LogP contribution in [0.5, 0.6) is 0 Å². The number of hydrogen-bond acceptors (Lipinski definition) is 3. The maximum atomic E-state index is 14.6. The standard InChI is InChI=1S/C18H24FNO2/c1-17(2,3)16(21)22-13-9-5-8-12-18(19,14-20)15-10-6-4-7-11-15/h4,6-7,10-11H,5,8-9,12-13H2,1-3H3. The number of benzene rings is 1. The van der Waals surface area contributed by atoms with Crippen LogP contribution in [0.15, 0.2) is 30.3 Å². The summed E-state index contributed by atoms with van der Waals surface area (Å²) in [6.45, 7) is 5.76. The summed E-state index contributed by atoms with van der Waals surface area (Å²) in [5.74, 6) is -0.228. The van der Waals surface area contributed by atoms with Crippen molar-refractivity contribution in [2.24, 2.45) is 5.41 Å². The van der Waals surface area contributed by atoms with Crippen molar-refractivity contribution in [1.29, 1.82) is 5.26 Å². The predicted octanol–water partition coefficient (Wildman–Crippen LogP) is 4.52. The number of unbranched alkanes of at least 4 members (excludes halogenated alkanes) is 2. The van der Waals surface area contributed by atoms with Gasteiger partial charge in [0.1, 0.15) is 6.07 Å². The molecule has 0 aliphatic carbocycles. The van der Waals surface area contributed by atoms with Crippen LogP contribution >= 0.6 is 0 Å². The molecule has 1 unspecified atom stereocenters. The van der Waals surface area contributed by atoms with Crippen LogP contribution in [0, 0.1) is 16.7 Å². The summed E-state index contributed by atoms with van der Waals surface area (Å²) >= 11 is 0. The molecular weight excluding hydrogens is 281 g/mol. The molecule has 0 saturated heterocycles. The average Bonchev–Trinajstić information content (AvgIpc) is 2.50. The van der Waals surface area contributed by atoms with Gasteiger partial charge in [-0.2, -0.15) is 5.26 Å². The number of alkyl halides is 1. The molecule has 3 nitrogen and oxygen atoms in total. The van der Waals surface area contributed by atoms with Crippen molar-refractivity contribution in [2.75, 3.05) is 6.61 Å². The Morgan fingerprint density at radius 2 is 1.82 bits per heavy atom. The van der Waals surface area contributed by atoms with Crippen molar-refractivity contribution in [2.45, 2.75) is 52.1 Å². The van der Waals surface area contributed by atoms with Gasteiger partial charge in [-0.15, -0.1) is 0 Å². The number of rotatable bonds is 7. The number of nitriles is 1. The van der Waals surface area contributed by atoms with Gasteiger partial charge in [0.05, 0.1) is 12.0 Å². The van der Waals surface area contributed by atoms with Gasteiger partial charge in [0, 0.05) is 5.56 Å². The van der Waals surface area contributed by atoms with E-state index in [1.54, 1.807) is 57.2 Å². The number of nitrogens with zero attached hydrogens (tertiary/aromatic N) is 1. The van der Waals surface area contributed by atoms with E-state index in [0.717, 1.165) is 6.42 Å². The van der Waals surface area contributed by atoms with Crippen molar-refractivity contribution < 1.29 is 13.9 Å². The summed E-state index contributed by atoms with van der Waals surface area (Å²) in [6, 6.07) is 10.3. The van der Waals surface area contributed by atoms with Crippen LogP contribution in [0.4, 0.5) is 4.39 Å². The Bertz CT molecular complexity index is 516. The first-order chi connectivity index (χ1) is 10.3. The van der Waals surface area contributed by atoms with Crippen LogP contribution in [0.2, 0.25) is 0 Å². The second-order valence-corrected chi connectivity index (χ2v) is 6.48. The van der Waals surface area contributed by atoms with Crippen molar-refractivity contribution in [3.63, 3.8) is 0 Å². The van der Waals surface area contributed by atoms with Gasteiger partial charge >= 0.3 is 5.97 Å². The number of carbonyl (C=O) groups excluding carboxylic acids is 1. The zero-order valence-corrected chi connectivity index (χ0v) is 13.6. The van der Waals surface area contributed by atoms with Crippen LogP contribution in [-0.4, -0.2) is 12.6 Å². The lowest BCUT2D eigenvalue weighted by Gasteiger charge is -2.18. The first kappa shape index (κ1) is 18.2. The SMILES string of the molecule is CC(C)(C)C(=O)OCCCCCC(F)(C#N)c1ccccc1. The fraction of sp³-hybridized carbons (Fsp3) is 0.556. The highest BCUT2D eigenvalue weighted by Crippen LogP contribution is 2.31. The van der Waals surface area contributed by atoms with Gasteiger partial charge in [-0.05, 0) is 46.5 Å². The summed E-state index contributed by atoms with van der Waals surface area (Å²) in [6.07, 6.45) is 2.13. The topological polar surface area (TPSA) is 50.1 Å². The molecule has 0 heterocycles. The molecule has 22 heavy (non-hydrogen) atoms. The van der Waals surface area contributed by atoms with Gasteiger partial charge in [-0.3, -0.25) is 4.79 Å². The summed E-state index contributed by atoms with van der Waals surface area (Å²) in [5, 5.41) is 9.11. The number of esters is 1. The van der Waals surface area contributed by atoms with E-state index in [1.807, 2.05) is 0 Å². The Labute approximate surface area is 132 Å². The van der Waals surface area contributed by atoms with Crippen LogP contribution in [0.25, 0.3) is 0 Å². The van der Waals surface area contributed by atoms with Crippen LogP contribution in [0.3, 0.4) is 0 Å². The second-order valence-electron chi connectivity index (χ2n) is 6.48. The normalized spacial score (nSPS) is 14.0. The molecule has 0 bridgehead atoms. The van der Waals surface area contributed by atoms with E-state index in [1.165, 1.54) is 0 Å². The van der Waals surface area contributed by atoms with Crippen LogP contribution in [0.1, 0.15) is 52.0 Å². The third-order valence-corrected chi connectivity index (χ3v) is 3.42. The van der Waals surface area contributed by atoms with E-state index in [2.05, 4.69) is 0 Å². The lowest BCUT2D eigenvalue weighted by Crippen LogP contribution is -2.23. The first-order valence-corrected chi connectivity index (χ1v) is 7.62. The number of carbonyl (C=O) groups is 1. The zero-order chi connectivity index (χ0) is 16.6. The minimum Gasteiger partial charge on any atom is -0.465 e. The molecule has 0 saturated carbocycles. The van der Waals surface area contributed by atoms with Crippen molar-refractivity contribution in [3.8, 4) is 6.07 Å². The van der Waals surface area contributed by atoms with E-state index in [4.69, 9.17) is 10.00 Å². The molecule has 0 spiro atoms. The Morgan fingerprint density at radius 1 is 1.18 bits per heavy atom. The van der Waals surface area contributed by atoms with Gasteiger partial charge in [-0.25, -0.2) is 4.39 Å². The smallest absolute Gasteiger partial charge is 0.311 e. The third-order valence-electron chi connectivity index (χ3n) is 3.42. The third kappa shape index (κ3) is 5.48. The van der Waals surface area contributed by atoms with E-state index in [9.17, 15) is 9.18 Å². The van der Waals surface area contributed by atoms with E-state index in [0.29, 0.717) is 25.0 Å². The monoisotopic (exact) mass is 305 g/mol. The molecule has 1 aromatic carbocycles. The molecule has 1 aromatic rings. The molecule has 0 aliphatic rings. The van der Waals surface area contributed by atoms with Crippen molar-refractivity contribution >= 4 is 5.97 Å². The molecule has 120 valence electrons. The van der Waals surface area contributed by atoms with E-state index >= 15 is 0 Å². The number of hydrogen-bond donors (Lipinski definition) is 0. The maximum absolute atomic E-state index is 14.6. The molecular formula is C18H24FNO2. The average molecular weight is 305 g/mol. The van der Waals surface area contributed by atoms with Gasteiger partial charge in [-0.1, -0.05) is 30.3 Å². The molecule has 1 rings (SSSR count). The Hall–Kier alpha value is -1.89. The summed E-state index contributed by atoms with van der Waals surface area (Å²) in [5.41, 5.74) is -2.04. The quantitative estimate of drug-likeness (QED) is 0.549. The molecule has 1 atom stereocenters. The molecule has 0 N–H and O–H groups in total. The minimum atomic E-state index is -1.94. The van der Waals surface area contributed by atoms with Crippen molar-refractivity contribution in [1.82, 2.24) is 0 Å². The fourth-order valence-corrected chi connectivity index (χ4v) is 2.00. The highest BCUT2D eigenvalue weighted by atomic mass is 19.1. The maximum Gasteiger partial charge on any atom is 0.311 e. The summed E-state index contributed by atoms with van der Waals surface area (Å²) in [4.78, 5) is 11.6. The van der Waals surface area contributed by atoms with Gasteiger partial charge in [0.2, 0.25) is 5.67 Å². The predicted molar refractivity (Wildman–Crippen MR) is 83.7 cm³/mol. The van der Waals surface area contributed by atoms with Gasteiger partial charge in [0.25, 0.3) is 0 Å². The molecule has 0 amide bonds. The molecule has 0 aliphatic heterocycles. The minimum absolute atomic E-state index is 0.154. The lowest BCUT2D eigenvalue weighted by atomic mass is 9.91. The summed E-state index contributed by atoms with van der Waals surface area (Å²) < 4.78 is 19.8. The number of ether oxygens (including phenoxy) is 1. The lowest BCUT2D eigenvalue weighted by molar-refractivity contribution is -0.153. The van der Waals surface area contributed by atoms with Crippen LogP contribution < -0.4 is 0 Å². The molecule has 0 fully saturated rings. The zero-order valence-electron chi connectivity index (χ0n) is 13.6. The Kier molecular flexibility index (Phi) is 6.55.